The number of halogens is 1. The monoisotopic (exact) mass is 346 g/mol. The Hall–Kier alpha value is -1.75. The largest absolute Gasteiger partial charge is 0.491 e. The number of para-hydroxylation sites is 1. The van der Waals surface area contributed by atoms with Crippen LogP contribution in [0.4, 0.5) is 5.69 Å². The summed E-state index contributed by atoms with van der Waals surface area (Å²) < 4.78 is 5.61. The molecule has 0 aliphatic carbocycles. The summed E-state index contributed by atoms with van der Waals surface area (Å²) in [6, 6.07) is 17.7. The number of hydrogen-bond donors (Lipinski definition) is 1. The molecule has 5 heteroatoms. The van der Waals surface area contributed by atoms with Crippen molar-refractivity contribution in [2.24, 2.45) is 0 Å². The maximum atomic E-state index is 10.2. The van der Waals surface area contributed by atoms with Gasteiger partial charge in [-0.2, -0.15) is 0 Å². The summed E-state index contributed by atoms with van der Waals surface area (Å²) in [7, 11) is 0. The van der Waals surface area contributed by atoms with Gasteiger partial charge in [-0.05, 0) is 36.4 Å². The van der Waals surface area contributed by atoms with Gasteiger partial charge in [-0.3, -0.25) is 4.90 Å². The molecule has 0 unspecified atom stereocenters. The Morgan fingerprint density at radius 2 is 1.62 bits per heavy atom. The summed E-state index contributed by atoms with van der Waals surface area (Å²) >= 11 is 5.84. The minimum atomic E-state index is -0.496. The predicted molar refractivity (Wildman–Crippen MR) is 98.0 cm³/mol. The van der Waals surface area contributed by atoms with Crippen molar-refractivity contribution >= 4 is 17.3 Å². The normalized spacial score (nSPS) is 16.8. The molecule has 1 fully saturated rings. The quantitative estimate of drug-likeness (QED) is 0.872. The van der Waals surface area contributed by atoms with Crippen LogP contribution in [0.3, 0.4) is 0 Å². The second kappa shape index (κ2) is 8.38. The summed E-state index contributed by atoms with van der Waals surface area (Å²) in [5.74, 6) is 0.729. The van der Waals surface area contributed by atoms with E-state index in [1.54, 1.807) is 12.1 Å². The van der Waals surface area contributed by atoms with E-state index in [4.69, 9.17) is 16.3 Å². The van der Waals surface area contributed by atoms with Crippen LogP contribution in [0.1, 0.15) is 0 Å². The van der Waals surface area contributed by atoms with Crippen molar-refractivity contribution in [2.45, 2.75) is 6.10 Å². The average molecular weight is 347 g/mol. The van der Waals surface area contributed by atoms with Crippen molar-refractivity contribution in [1.82, 2.24) is 4.90 Å². The number of ether oxygens (including phenoxy) is 1. The summed E-state index contributed by atoms with van der Waals surface area (Å²) in [5, 5.41) is 10.9. The van der Waals surface area contributed by atoms with Gasteiger partial charge in [0.1, 0.15) is 18.5 Å². The Morgan fingerprint density at radius 3 is 2.29 bits per heavy atom. The van der Waals surface area contributed by atoms with Crippen LogP contribution in [0, 0.1) is 0 Å². The second-order valence-electron chi connectivity index (χ2n) is 6.04. The average Bonchev–Trinajstić information content (AvgIpc) is 2.63. The van der Waals surface area contributed by atoms with Crippen LogP contribution < -0.4 is 9.64 Å². The molecule has 0 bridgehead atoms. The third kappa shape index (κ3) is 4.87. The standard InChI is InChI=1S/C19H23ClN2O2/c20-16-6-8-19(9-7-16)24-15-18(23)14-21-10-12-22(13-11-21)17-4-2-1-3-5-17/h1-9,18,23H,10-15H2/t18-/m1/s1. The molecule has 1 atom stereocenters. The van der Waals surface area contributed by atoms with Crippen LogP contribution in [0.5, 0.6) is 5.75 Å². The molecule has 2 aromatic carbocycles. The number of benzene rings is 2. The van der Waals surface area contributed by atoms with Crippen molar-refractivity contribution < 1.29 is 9.84 Å². The van der Waals surface area contributed by atoms with Crippen LogP contribution >= 0.6 is 11.6 Å². The fraction of sp³-hybridized carbons (Fsp3) is 0.368. The van der Waals surface area contributed by atoms with Gasteiger partial charge in [-0.1, -0.05) is 29.8 Å². The molecule has 4 nitrogen and oxygen atoms in total. The van der Waals surface area contributed by atoms with Crippen LogP contribution in [-0.2, 0) is 0 Å². The Kier molecular flexibility index (Phi) is 5.96. The number of aliphatic hydroxyl groups is 1. The zero-order valence-corrected chi connectivity index (χ0v) is 14.4. The molecule has 1 heterocycles. The van der Waals surface area contributed by atoms with E-state index in [0.717, 1.165) is 31.9 Å². The first kappa shape index (κ1) is 17.1. The molecule has 0 radical (unpaired) electrons. The molecular formula is C19H23ClN2O2. The molecular weight excluding hydrogens is 324 g/mol. The molecule has 3 rings (SSSR count). The van der Waals surface area contributed by atoms with Gasteiger partial charge < -0.3 is 14.7 Å². The fourth-order valence-corrected chi connectivity index (χ4v) is 3.03. The number of hydrogen-bond acceptors (Lipinski definition) is 4. The maximum Gasteiger partial charge on any atom is 0.119 e. The summed E-state index contributed by atoms with van der Waals surface area (Å²) in [4.78, 5) is 4.67. The lowest BCUT2D eigenvalue weighted by atomic mass is 10.2. The second-order valence-corrected chi connectivity index (χ2v) is 6.48. The minimum Gasteiger partial charge on any atom is -0.491 e. The molecule has 128 valence electrons. The Bertz CT molecular complexity index is 613. The Morgan fingerprint density at radius 1 is 0.958 bits per heavy atom. The molecule has 1 N–H and O–H groups in total. The van der Waals surface area contributed by atoms with Crippen LogP contribution in [-0.4, -0.2) is 55.4 Å². The van der Waals surface area contributed by atoms with E-state index in [1.807, 2.05) is 18.2 Å². The highest BCUT2D eigenvalue weighted by Crippen LogP contribution is 2.17. The molecule has 2 aromatic rings. The van der Waals surface area contributed by atoms with Gasteiger partial charge >= 0.3 is 0 Å². The smallest absolute Gasteiger partial charge is 0.119 e. The van der Waals surface area contributed by atoms with Crippen molar-refractivity contribution in [3.05, 3.63) is 59.6 Å². The van der Waals surface area contributed by atoms with Gasteiger partial charge in [0, 0.05) is 43.4 Å². The highest BCUT2D eigenvalue weighted by molar-refractivity contribution is 6.30. The van der Waals surface area contributed by atoms with E-state index in [0.29, 0.717) is 18.2 Å². The zero-order chi connectivity index (χ0) is 16.8. The van der Waals surface area contributed by atoms with Gasteiger partial charge in [0.2, 0.25) is 0 Å². The number of anilines is 1. The lowest BCUT2D eigenvalue weighted by molar-refractivity contribution is 0.0663. The van der Waals surface area contributed by atoms with Crippen LogP contribution in [0.15, 0.2) is 54.6 Å². The lowest BCUT2D eigenvalue weighted by Crippen LogP contribution is -2.49. The Balaban J connectivity index is 1.40. The third-order valence-corrected chi connectivity index (χ3v) is 4.47. The molecule has 0 amide bonds. The number of piperazine rings is 1. The summed E-state index contributed by atoms with van der Waals surface area (Å²) in [6.07, 6.45) is -0.496. The number of rotatable bonds is 6. The third-order valence-electron chi connectivity index (χ3n) is 4.22. The summed E-state index contributed by atoms with van der Waals surface area (Å²) in [5.41, 5.74) is 1.27. The highest BCUT2D eigenvalue weighted by atomic mass is 35.5. The van der Waals surface area contributed by atoms with Crippen molar-refractivity contribution in [3.63, 3.8) is 0 Å². The molecule has 1 saturated heterocycles. The topological polar surface area (TPSA) is 35.9 Å². The van der Waals surface area contributed by atoms with Crippen molar-refractivity contribution in [1.29, 1.82) is 0 Å². The van der Waals surface area contributed by atoms with Crippen molar-refractivity contribution in [3.8, 4) is 5.75 Å². The summed E-state index contributed by atoms with van der Waals surface area (Å²) in [6.45, 7) is 4.79. The van der Waals surface area contributed by atoms with Crippen molar-refractivity contribution in [2.75, 3.05) is 44.2 Å². The number of β-amino-alcohol motifs (C(OH)–C–C–N with tert-alkyl or cyclic N) is 1. The molecule has 0 spiro atoms. The van der Waals surface area contributed by atoms with Gasteiger partial charge in [0.05, 0.1) is 0 Å². The van der Waals surface area contributed by atoms with Gasteiger partial charge in [0.25, 0.3) is 0 Å². The molecule has 0 saturated carbocycles. The lowest BCUT2D eigenvalue weighted by Gasteiger charge is -2.36. The van der Waals surface area contributed by atoms with E-state index in [1.165, 1.54) is 5.69 Å². The minimum absolute atomic E-state index is 0.292. The fourth-order valence-electron chi connectivity index (χ4n) is 2.90. The number of aliphatic hydroxyl groups excluding tert-OH is 1. The molecule has 1 aliphatic heterocycles. The first-order chi connectivity index (χ1) is 11.7. The van der Waals surface area contributed by atoms with Crippen LogP contribution in [0.25, 0.3) is 0 Å². The Labute approximate surface area is 148 Å². The maximum absolute atomic E-state index is 10.2. The van der Waals surface area contributed by atoms with E-state index in [9.17, 15) is 5.11 Å². The van der Waals surface area contributed by atoms with E-state index in [2.05, 4.69) is 34.1 Å². The van der Waals surface area contributed by atoms with Gasteiger partial charge in [-0.25, -0.2) is 0 Å². The van der Waals surface area contributed by atoms with E-state index >= 15 is 0 Å². The first-order valence-electron chi connectivity index (χ1n) is 8.29. The molecule has 0 aromatic heterocycles. The van der Waals surface area contributed by atoms with Gasteiger partial charge in [0.15, 0.2) is 0 Å². The van der Waals surface area contributed by atoms with Crippen LogP contribution in [0.2, 0.25) is 5.02 Å². The molecule has 1 aliphatic rings. The van der Waals surface area contributed by atoms with E-state index < -0.39 is 6.10 Å². The first-order valence-corrected chi connectivity index (χ1v) is 8.67. The number of nitrogens with zero attached hydrogens (tertiary/aromatic N) is 2. The molecule has 24 heavy (non-hydrogen) atoms. The predicted octanol–water partition coefficient (Wildman–Crippen LogP) is 2.90. The highest BCUT2D eigenvalue weighted by Gasteiger charge is 2.19. The van der Waals surface area contributed by atoms with E-state index in [-0.39, 0.29) is 0 Å². The zero-order valence-electron chi connectivity index (χ0n) is 13.6. The van der Waals surface area contributed by atoms with Gasteiger partial charge in [-0.15, -0.1) is 0 Å². The SMILES string of the molecule is O[C@@H](COc1ccc(Cl)cc1)CN1CCN(c2ccccc2)CC1.